The van der Waals surface area contributed by atoms with Crippen molar-refractivity contribution in [2.24, 2.45) is 0 Å². The first-order valence-corrected chi connectivity index (χ1v) is 4.10. The van der Waals surface area contributed by atoms with Gasteiger partial charge in [-0.2, -0.15) is 13.2 Å². The molecule has 0 spiro atoms. The van der Waals surface area contributed by atoms with E-state index in [0.29, 0.717) is 0 Å². The number of hydrogen-bond donors (Lipinski definition) is 3. The third-order valence-electron chi connectivity index (χ3n) is 1.34. The lowest BCUT2D eigenvalue weighted by molar-refractivity contribution is -0.160. The van der Waals surface area contributed by atoms with Crippen LogP contribution in [0.2, 0.25) is 0 Å². The quantitative estimate of drug-likeness (QED) is 0.638. The van der Waals surface area contributed by atoms with E-state index in [9.17, 15) is 22.8 Å². The fourth-order valence-corrected chi connectivity index (χ4v) is 0.633. The highest BCUT2D eigenvalue weighted by Crippen LogP contribution is 2.14. The van der Waals surface area contributed by atoms with Gasteiger partial charge in [0.2, 0.25) is 0 Å². The number of ether oxygens (including phenoxy) is 1. The van der Waals surface area contributed by atoms with Crippen LogP contribution in [-0.2, 0) is 9.53 Å². The highest BCUT2D eigenvalue weighted by atomic mass is 19.4. The van der Waals surface area contributed by atoms with Crippen molar-refractivity contribution >= 4 is 12.1 Å². The number of carboxylic acids is 1. The Morgan fingerprint density at radius 3 is 2.38 bits per heavy atom. The van der Waals surface area contributed by atoms with Crippen molar-refractivity contribution in [2.45, 2.75) is 18.7 Å². The first-order chi connectivity index (χ1) is 7.22. The summed E-state index contributed by atoms with van der Waals surface area (Å²) in [4.78, 5) is 20.7. The molecule has 6 nitrogen and oxygen atoms in total. The van der Waals surface area contributed by atoms with E-state index in [4.69, 9.17) is 10.2 Å². The molecule has 0 aliphatic heterocycles. The summed E-state index contributed by atoms with van der Waals surface area (Å²) in [5.41, 5.74) is 0. The molecule has 0 heterocycles. The lowest BCUT2D eigenvalue weighted by Crippen LogP contribution is -2.32. The number of carbonyl (C=O) groups is 2. The van der Waals surface area contributed by atoms with Gasteiger partial charge in [0.05, 0.1) is 0 Å². The number of alkyl carbamates (subject to hydrolysis) is 1. The number of halogens is 3. The van der Waals surface area contributed by atoms with Gasteiger partial charge in [0.25, 0.3) is 0 Å². The summed E-state index contributed by atoms with van der Waals surface area (Å²) in [6.07, 6.45) is -7.94. The Labute approximate surface area is 88.0 Å². The molecule has 94 valence electrons. The van der Waals surface area contributed by atoms with Crippen LogP contribution in [0.3, 0.4) is 0 Å². The summed E-state index contributed by atoms with van der Waals surface area (Å²) < 4.78 is 38.4. The van der Waals surface area contributed by atoms with Crippen LogP contribution in [0.1, 0.15) is 6.42 Å². The minimum atomic E-state index is -4.61. The molecule has 0 aliphatic rings. The standard InChI is InChI=1S/C7H10F3NO5/c8-7(9,10)3-16-6(15)11-2-1-4(12)5(13)14/h4,12H,1-3H2,(H,11,15)(H,13,14)/t4-/m0/s1. The maximum absolute atomic E-state index is 11.5. The minimum absolute atomic E-state index is 0.301. The molecular weight excluding hydrogens is 235 g/mol. The number of rotatable bonds is 5. The SMILES string of the molecule is O=C(NCC[C@H](O)C(=O)O)OCC(F)(F)F. The summed E-state index contributed by atoms with van der Waals surface area (Å²) in [6.45, 7) is -2.02. The first kappa shape index (κ1) is 14.5. The van der Waals surface area contributed by atoms with Crippen molar-refractivity contribution < 1.29 is 37.7 Å². The van der Waals surface area contributed by atoms with E-state index >= 15 is 0 Å². The molecule has 0 saturated heterocycles. The summed E-state index contributed by atoms with van der Waals surface area (Å²) in [7, 11) is 0. The molecule has 0 fully saturated rings. The summed E-state index contributed by atoms with van der Waals surface area (Å²) >= 11 is 0. The second-order valence-corrected chi connectivity index (χ2v) is 2.76. The van der Waals surface area contributed by atoms with Crippen molar-refractivity contribution in [3.05, 3.63) is 0 Å². The molecule has 3 N–H and O–H groups in total. The number of hydrogen-bond acceptors (Lipinski definition) is 4. The number of nitrogens with one attached hydrogen (secondary N) is 1. The number of carbonyl (C=O) groups excluding carboxylic acids is 1. The number of aliphatic carboxylic acids is 1. The number of carboxylic acid groups (broad SMARTS) is 1. The predicted octanol–water partition coefficient (Wildman–Crippen LogP) is 0.111. The number of aliphatic hydroxyl groups excluding tert-OH is 1. The van der Waals surface area contributed by atoms with Crippen molar-refractivity contribution in [3.8, 4) is 0 Å². The Morgan fingerprint density at radius 2 is 1.94 bits per heavy atom. The van der Waals surface area contributed by atoms with Crippen LogP contribution in [0, 0.1) is 0 Å². The Balaban J connectivity index is 3.63. The van der Waals surface area contributed by atoms with Crippen LogP contribution >= 0.6 is 0 Å². The second-order valence-electron chi connectivity index (χ2n) is 2.76. The molecule has 0 radical (unpaired) electrons. The van der Waals surface area contributed by atoms with Crippen LogP contribution in [0.5, 0.6) is 0 Å². The molecule has 1 atom stereocenters. The molecule has 1 amide bonds. The van der Waals surface area contributed by atoms with Gasteiger partial charge in [0.15, 0.2) is 12.7 Å². The minimum Gasteiger partial charge on any atom is -0.479 e. The van der Waals surface area contributed by atoms with Gasteiger partial charge < -0.3 is 20.3 Å². The van der Waals surface area contributed by atoms with Gasteiger partial charge in [-0.3, -0.25) is 0 Å². The average Bonchev–Trinajstić information content (AvgIpc) is 2.13. The summed E-state index contributed by atoms with van der Waals surface area (Å²) in [5.74, 6) is -1.48. The van der Waals surface area contributed by atoms with Crippen LogP contribution in [0.4, 0.5) is 18.0 Å². The maximum Gasteiger partial charge on any atom is 0.422 e. The molecule has 9 heteroatoms. The summed E-state index contributed by atoms with van der Waals surface area (Å²) in [5, 5.41) is 18.8. The van der Waals surface area contributed by atoms with E-state index in [1.807, 2.05) is 5.32 Å². The van der Waals surface area contributed by atoms with E-state index in [2.05, 4.69) is 4.74 Å². The van der Waals surface area contributed by atoms with Crippen LogP contribution in [0.25, 0.3) is 0 Å². The van der Waals surface area contributed by atoms with Gasteiger partial charge in [0.1, 0.15) is 0 Å². The maximum atomic E-state index is 11.5. The molecule has 0 rings (SSSR count). The zero-order chi connectivity index (χ0) is 12.8. The lowest BCUT2D eigenvalue weighted by atomic mass is 10.2. The average molecular weight is 245 g/mol. The topological polar surface area (TPSA) is 95.9 Å². The normalized spacial score (nSPS) is 13.0. The Morgan fingerprint density at radius 1 is 1.38 bits per heavy atom. The Bertz CT molecular complexity index is 255. The smallest absolute Gasteiger partial charge is 0.422 e. The van der Waals surface area contributed by atoms with Gasteiger partial charge >= 0.3 is 18.2 Å². The van der Waals surface area contributed by atoms with Crippen LogP contribution in [-0.4, -0.2) is 47.7 Å². The molecular formula is C7H10F3NO5. The molecule has 0 aromatic carbocycles. The molecule has 16 heavy (non-hydrogen) atoms. The fourth-order valence-electron chi connectivity index (χ4n) is 0.633. The van der Waals surface area contributed by atoms with Crippen LogP contribution in [0.15, 0.2) is 0 Å². The van der Waals surface area contributed by atoms with E-state index in [1.165, 1.54) is 0 Å². The van der Waals surface area contributed by atoms with Gasteiger partial charge in [-0.15, -0.1) is 0 Å². The lowest BCUT2D eigenvalue weighted by Gasteiger charge is -2.09. The second kappa shape index (κ2) is 6.16. The number of amides is 1. The predicted molar refractivity (Wildman–Crippen MR) is 43.7 cm³/mol. The third kappa shape index (κ3) is 7.85. The van der Waals surface area contributed by atoms with Gasteiger partial charge in [-0.25, -0.2) is 9.59 Å². The largest absolute Gasteiger partial charge is 0.479 e. The van der Waals surface area contributed by atoms with E-state index in [0.717, 1.165) is 0 Å². The monoisotopic (exact) mass is 245 g/mol. The van der Waals surface area contributed by atoms with Crippen molar-refractivity contribution in [1.82, 2.24) is 5.32 Å². The molecule has 0 aromatic rings. The van der Waals surface area contributed by atoms with Crippen molar-refractivity contribution in [1.29, 1.82) is 0 Å². The van der Waals surface area contributed by atoms with Gasteiger partial charge in [-0.05, 0) is 0 Å². The number of aliphatic hydroxyl groups is 1. The molecule has 0 bridgehead atoms. The highest BCUT2D eigenvalue weighted by molar-refractivity contribution is 5.72. The number of alkyl halides is 3. The van der Waals surface area contributed by atoms with E-state index < -0.39 is 30.9 Å². The zero-order valence-corrected chi connectivity index (χ0v) is 7.95. The summed E-state index contributed by atoms with van der Waals surface area (Å²) in [6, 6.07) is 0. The zero-order valence-electron chi connectivity index (χ0n) is 7.95. The van der Waals surface area contributed by atoms with E-state index in [-0.39, 0.29) is 13.0 Å². The first-order valence-electron chi connectivity index (χ1n) is 4.10. The molecule has 0 aliphatic carbocycles. The molecule has 0 saturated carbocycles. The Kier molecular flexibility index (Phi) is 5.57. The highest BCUT2D eigenvalue weighted by Gasteiger charge is 2.29. The van der Waals surface area contributed by atoms with Gasteiger partial charge in [0, 0.05) is 13.0 Å². The van der Waals surface area contributed by atoms with Crippen molar-refractivity contribution in [3.63, 3.8) is 0 Å². The van der Waals surface area contributed by atoms with E-state index in [1.54, 1.807) is 0 Å². The van der Waals surface area contributed by atoms with Crippen LogP contribution < -0.4 is 5.32 Å². The molecule has 0 aromatic heterocycles. The third-order valence-corrected chi connectivity index (χ3v) is 1.34. The fraction of sp³-hybridized carbons (Fsp3) is 0.714. The van der Waals surface area contributed by atoms with Crippen molar-refractivity contribution in [2.75, 3.05) is 13.2 Å². The van der Waals surface area contributed by atoms with Gasteiger partial charge in [-0.1, -0.05) is 0 Å². The Hall–Kier alpha value is -1.51. The molecule has 0 unspecified atom stereocenters.